The predicted molar refractivity (Wildman–Crippen MR) is 101 cm³/mol. The van der Waals surface area contributed by atoms with Gasteiger partial charge in [-0.3, -0.25) is 4.99 Å². The van der Waals surface area contributed by atoms with E-state index >= 15 is 0 Å². The number of hydrogen-bond donors (Lipinski definition) is 3. The van der Waals surface area contributed by atoms with E-state index in [9.17, 15) is 5.11 Å². The van der Waals surface area contributed by atoms with Crippen molar-refractivity contribution in [1.29, 1.82) is 0 Å². The maximum atomic E-state index is 9.50. The molecule has 4 nitrogen and oxygen atoms in total. The van der Waals surface area contributed by atoms with Crippen molar-refractivity contribution in [2.24, 2.45) is 4.99 Å². The highest BCUT2D eigenvalue weighted by Gasteiger charge is 2.07. The lowest BCUT2D eigenvalue weighted by molar-refractivity contribution is 0.474. The average Bonchev–Trinajstić information content (AvgIpc) is 2.55. The highest BCUT2D eigenvalue weighted by atomic mass is 35.5. The first-order valence-electron chi connectivity index (χ1n) is 8.16. The van der Waals surface area contributed by atoms with Gasteiger partial charge in [0.1, 0.15) is 5.75 Å². The van der Waals surface area contributed by atoms with Crippen molar-refractivity contribution in [3.8, 4) is 5.75 Å². The third-order valence-corrected chi connectivity index (χ3v) is 3.90. The average molecular weight is 346 g/mol. The van der Waals surface area contributed by atoms with Crippen LogP contribution in [0, 0.1) is 0 Å². The first kappa shape index (κ1) is 18.1. The van der Waals surface area contributed by atoms with Crippen molar-refractivity contribution in [2.75, 3.05) is 13.1 Å². The number of hydrogen-bond acceptors (Lipinski definition) is 2. The molecule has 0 radical (unpaired) electrons. The quantitative estimate of drug-likeness (QED) is 0.549. The van der Waals surface area contributed by atoms with Crippen LogP contribution in [-0.4, -0.2) is 24.2 Å². The summed E-state index contributed by atoms with van der Waals surface area (Å²) >= 11 is 5.94. The fraction of sp³-hybridized carbons (Fsp3) is 0.316. The molecule has 0 aromatic heterocycles. The molecule has 0 aliphatic rings. The van der Waals surface area contributed by atoms with Gasteiger partial charge < -0.3 is 15.7 Å². The van der Waals surface area contributed by atoms with Gasteiger partial charge in [-0.25, -0.2) is 0 Å². The Kier molecular flexibility index (Phi) is 6.94. The molecule has 2 aromatic carbocycles. The number of phenolic OH excluding ortho intramolecular Hbond substituents is 1. The molecule has 0 bridgehead atoms. The second-order valence-corrected chi connectivity index (χ2v) is 6.03. The van der Waals surface area contributed by atoms with Crippen LogP contribution in [0.5, 0.6) is 5.75 Å². The fourth-order valence-corrected chi connectivity index (χ4v) is 2.49. The summed E-state index contributed by atoms with van der Waals surface area (Å²) in [5.41, 5.74) is 2.22. The smallest absolute Gasteiger partial charge is 0.191 e. The van der Waals surface area contributed by atoms with Gasteiger partial charge in [0, 0.05) is 18.1 Å². The van der Waals surface area contributed by atoms with E-state index in [2.05, 4.69) is 22.5 Å². The number of nitrogens with zero attached hydrogens (tertiary/aromatic N) is 1. The Balaban J connectivity index is 1.95. The third kappa shape index (κ3) is 5.78. The maximum Gasteiger partial charge on any atom is 0.191 e. The van der Waals surface area contributed by atoms with Crippen molar-refractivity contribution in [3.63, 3.8) is 0 Å². The van der Waals surface area contributed by atoms with Crippen LogP contribution in [0.4, 0.5) is 0 Å². The molecule has 0 amide bonds. The van der Waals surface area contributed by atoms with Crippen LogP contribution in [0.3, 0.4) is 0 Å². The van der Waals surface area contributed by atoms with E-state index < -0.39 is 0 Å². The Morgan fingerprint density at radius 2 is 1.96 bits per heavy atom. The third-order valence-electron chi connectivity index (χ3n) is 3.65. The van der Waals surface area contributed by atoms with Crippen molar-refractivity contribution in [1.82, 2.24) is 10.6 Å². The fourth-order valence-electron chi connectivity index (χ4n) is 2.37. The van der Waals surface area contributed by atoms with Crippen molar-refractivity contribution in [2.45, 2.75) is 26.3 Å². The first-order chi connectivity index (χ1) is 11.6. The summed E-state index contributed by atoms with van der Waals surface area (Å²) in [6.45, 7) is 5.57. The Hall–Kier alpha value is -2.20. The molecule has 1 unspecified atom stereocenters. The van der Waals surface area contributed by atoms with Gasteiger partial charge in [-0.2, -0.15) is 0 Å². The molecule has 0 heterocycles. The van der Waals surface area contributed by atoms with Crippen LogP contribution in [0.25, 0.3) is 0 Å². The van der Waals surface area contributed by atoms with Crippen molar-refractivity contribution in [3.05, 3.63) is 64.7 Å². The summed E-state index contributed by atoms with van der Waals surface area (Å²) in [4.78, 5) is 4.61. The van der Waals surface area contributed by atoms with Gasteiger partial charge in [0.15, 0.2) is 5.96 Å². The summed E-state index contributed by atoms with van der Waals surface area (Å²) in [6.07, 6.45) is 0.778. The second kappa shape index (κ2) is 9.18. The van der Waals surface area contributed by atoms with Gasteiger partial charge in [-0.05, 0) is 55.7 Å². The number of guanidine groups is 1. The van der Waals surface area contributed by atoms with Crippen LogP contribution in [0.15, 0.2) is 53.5 Å². The number of rotatable bonds is 6. The van der Waals surface area contributed by atoms with E-state index in [1.807, 2.05) is 43.3 Å². The van der Waals surface area contributed by atoms with Gasteiger partial charge >= 0.3 is 0 Å². The molecular formula is C19H24ClN3O. The number of aromatic hydroxyl groups is 1. The Bertz CT molecular complexity index is 671. The van der Waals surface area contributed by atoms with Gasteiger partial charge in [-0.1, -0.05) is 35.9 Å². The summed E-state index contributed by atoms with van der Waals surface area (Å²) < 4.78 is 0. The highest BCUT2D eigenvalue weighted by molar-refractivity contribution is 6.30. The largest absolute Gasteiger partial charge is 0.508 e. The van der Waals surface area contributed by atoms with Gasteiger partial charge in [0.05, 0.1) is 6.04 Å². The van der Waals surface area contributed by atoms with Crippen LogP contribution in [0.1, 0.15) is 31.0 Å². The summed E-state index contributed by atoms with van der Waals surface area (Å²) in [5, 5.41) is 16.9. The van der Waals surface area contributed by atoms with E-state index in [-0.39, 0.29) is 11.8 Å². The molecular weight excluding hydrogens is 322 g/mol. The van der Waals surface area contributed by atoms with Crippen LogP contribution >= 0.6 is 11.6 Å². The normalized spacial score (nSPS) is 12.7. The lowest BCUT2D eigenvalue weighted by atomic mass is 10.1. The van der Waals surface area contributed by atoms with E-state index in [1.54, 1.807) is 12.1 Å². The molecule has 0 saturated heterocycles. The molecule has 0 aliphatic heterocycles. The lowest BCUT2D eigenvalue weighted by Gasteiger charge is -2.18. The highest BCUT2D eigenvalue weighted by Crippen LogP contribution is 2.16. The zero-order valence-electron chi connectivity index (χ0n) is 14.1. The number of halogens is 1. The molecule has 0 aliphatic carbocycles. The number of benzene rings is 2. The molecule has 24 heavy (non-hydrogen) atoms. The van der Waals surface area contributed by atoms with Crippen LogP contribution in [0.2, 0.25) is 5.02 Å². The van der Waals surface area contributed by atoms with Gasteiger partial charge in [-0.15, -0.1) is 0 Å². The molecule has 1 atom stereocenters. The monoisotopic (exact) mass is 345 g/mol. The summed E-state index contributed by atoms with van der Waals surface area (Å²) in [7, 11) is 0. The number of phenols is 1. The van der Waals surface area contributed by atoms with Crippen molar-refractivity contribution < 1.29 is 5.11 Å². The summed E-state index contributed by atoms with van der Waals surface area (Å²) in [5.74, 6) is 1.07. The van der Waals surface area contributed by atoms with Gasteiger partial charge in [0.25, 0.3) is 0 Å². The second-order valence-electron chi connectivity index (χ2n) is 5.60. The topological polar surface area (TPSA) is 56.7 Å². The molecule has 2 rings (SSSR count). The molecule has 2 aromatic rings. The molecule has 0 fully saturated rings. The zero-order chi connectivity index (χ0) is 17.4. The lowest BCUT2D eigenvalue weighted by Crippen LogP contribution is -2.38. The van der Waals surface area contributed by atoms with E-state index in [0.717, 1.165) is 35.1 Å². The Labute approximate surface area is 148 Å². The number of aliphatic imine (C=N–C) groups is 1. The molecule has 3 N–H and O–H groups in total. The molecule has 0 saturated carbocycles. The van der Waals surface area contributed by atoms with Crippen LogP contribution in [-0.2, 0) is 6.42 Å². The summed E-state index contributed by atoms with van der Waals surface area (Å²) in [6, 6.07) is 15.2. The first-order valence-corrected chi connectivity index (χ1v) is 8.54. The van der Waals surface area contributed by atoms with Crippen molar-refractivity contribution >= 4 is 17.6 Å². The molecule has 0 spiro atoms. The van der Waals surface area contributed by atoms with E-state index in [1.165, 1.54) is 0 Å². The Morgan fingerprint density at radius 1 is 1.21 bits per heavy atom. The standard InChI is InChI=1S/C19H24ClN3O/c1-3-21-19(22-12-11-15-5-4-6-18(24)13-15)23-14(2)16-7-9-17(20)10-8-16/h4-10,13-14,24H,3,11-12H2,1-2H3,(H2,21,22,23). The molecule has 128 valence electrons. The molecule has 5 heteroatoms. The minimum atomic E-state index is 0.126. The SMILES string of the molecule is CCNC(=NCCc1cccc(O)c1)NC(C)c1ccc(Cl)cc1. The number of nitrogens with one attached hydrogen (secondary N) is 2. The zero-order valence-corrected chi connectivity index (χ0v) is 14.8. The van der Waals surface area contributed by atoms with E-state index in [0.29, 0.717) is 6.54 Å². The Morgan fingerprint density at radius 3 is 2.62 bits per heavy atom. The minimum absolute atomic E-state index is 0.126. The van der Waals surface area contributed by atoms with E-state index in [4.69, 9.17) is 11.6 Å². The minimum Gasteiger partial charge on any atom is -0.508 e. The predicted octanol–water partition coefficient (Wildman–Crippen LogP) is 3.90. The van der Waals surface area contributed by atoms with Crippen LogP contribution < -0.4 is 10.6 Å². The maximum absolute atomic E-state index is 9.50. The van der Waals surface area contributed by atoms with Gasteiger partial charge in [0.2, 0.25) is 0 Å².